The topological polar surface area (TPSA) is 96.0 Å². The van der Waals surface area contributed by atoms with Gasteiger partial charge in [-0.05, 0) is 65.9 Å². The van der Waals surface area contributed by atoms with Crippen LogP contribution in [0.1, 0.15) is 48.8 Å². The minimum absolute atomic E-state index is 0.0304. The average molecular weight is 688 g/mol. The van der Waals surface area contributed by atoms with Crippen molar-refractivity contribution < 1.29 is 22.7 Å². The van der Waals surface area contributed by atoms with Crippen LogP contribution in [0.15, 0.2) is 109 Å². The summed E-state index contributed by atoms with van der Waals surface area (Å²) in [5.74, 6) is -0.205. The second-order valence-corrected chi connectivity index (χ2v) is 14.6. The molecular formula is C38H42ClN3O5S. The molecule has 8 nitrogen and oxygen atoms in total. The third kappa shape index (κ3) is 10.1. The third-order valence-electron chi connectivity index (χ3n) is 8.52. The zero-order chi connectivity index (χ0) is 33.9. The van der Waals surface area contributed by atoms with Crippen LogP contribution in [0, 0.1) is 0 Å². The quantitative estimate of drug-likeness (QED) is 0.158. The van der Waals surface area contributed by atoms with Gasteiger partial charge in [-0.15, -0.1) is 0 Å². The van der Waals surface area contributed by atoms with Crippen LogP contribution in [-0.4, -0.2) is 50.0 Å². The Balaban J connectivity index is 1.43. The van der Waals surface area contributed by atoms with Gasteiger partial charge in [-0.2, -0.15) is 0 Å². The van der Waals surface area contributed by atoms with Crippen LogP contribution in [0.2, 0.25) is 5.02 Å². The minimum Gasteiger partial charge on any atom is -0.489 e. The van der Waals surface area contributed by atoms with Crippen molar-refractivity contribution in [3.8, 4) is 5.75 Å². The first-order chi connectivity index (χ1) is 23.2. The highest BCUT2D eigenvalue weighted by atomic mass is 35.5. The summed E-state index contributed by atoms with van der Waals surface area (Å²) in [6, 6.07) is 32.1. The smallest absolute Gasteiger partial charge is 0.244 e. The number of hydrogen-bond donors (Lipinski definition) is 1. The van der Waals surface area contributed by atoms with Gasteiger partial charge in [-0.3, -0.25) is 13.9 Å². The van der Waals surface area contributed by atoms with E-state index >= 15 is 0 Å². The van der Waals surface area contributed by atoms with E-state index in [4.69, 9.17) is 16.3 Å². The first-order valence-corrected chi connectivity index (χ1v) is 18.5. The van der Waals surface area contributed by atoms with E-state index in [1.54, 1.807) is 42.5 Å². The molecule has 0 saturated heterocycles. The lowest BCUT2D eigenvalue weighted by atomic mass is 9.94. The number of nitrogens with zero attached hydrogens (tertiary/aromatic N) is 2. The van der Waals surface area contributed by atoms with Crippen LogP contribution in [0.3, 0.4) is 0 Å². The maximum atomic E-state index is 14.4. The Hall–Kier alpha value is -4.34. The lowest BCUT2D eigenvalue weighted by Crippen LogP contribution is -2.55. The monoisotopic (exact) mass is 687 g/mol. The summed E-state index contributed by atoms with van der Waals surface area (Å²) in [6.45, 7) is -0.0664. The zero-order valence-corrected chi connectivity index (χ0v) is 28.7. The lowest BCUT2D eigenvalue weighted by Gasteiger charge is -2.35. The van der Waals surface area contributed by atoms with E-state index in [1.807, 2.05) is 66.7 Å². The van der Waals surface area contributed by atoms with Crippen molar-refractivity contribution >= 4 is 39.1 Å². The standard InChI is InChI=1S/C38H42ClN3O5S/c1-48(45,46)42(34-20-22-35(23-21-34)47-28-30-14-7-3-8-15-30)27-37(43)41(26-31-16-11-17-32(39)24-31)36(25-29-12-5-2-6-13-29)38(44)40-33-18-9-4-10-19-33/h2-3,5-8,11-17,20-24,33,36H,4,9-10,18-19,25-28H2,1H3,(H,40,44). The molecule has 1 unspecified atom stereocenters. The van der Waals surface area contributed by atoms with E-state index in [9.17, 15) is 18.0 Å². The number of halogens is 1. The number of carbonyl (C=O) groups excluding carboxylic acids is 2. The first kappa shape index (κ1) is 35.0. The summed E-state index contributed by atoms with van der Waals surface area (Å²) in [6.07, 6.45) is 6.33. The number of nitrogens with one attached hydrogen (secondary N) is 1. The van der Waals surface area contributed by atoms with Crippen molar-refractivity contribution in [2.24, 2.45) is 0 Å². The highest BCUT2D eigenvalue weighted by molar-refractivity contribution is 7.92. The SMILES string of the molecule is CS(=O)(=O)N(CC(=O)N(Cc1cccc(Cl)c1)C(Cc1ccccc1)C(=O)NC1CCCCC1)c1ccc(OCc2ccccc2)cc1. The molecule has 5 rings (SSSR count). The van der Waals surface area contributed by atoms with Gasteiger partial charge < -0.3 is 15.0 Å². The van der Waals surface area contributed by atoms with Crippen molar-refractivity contribution in [3.05, 3.63) is 131 Å². The van der Waals surface area contributed by atoms with Crippen LogP contribution in [0.5, 0.6) is 5.75 Å². The van der Waals surface area contributed by atoms with Gasteiger partial charge in [0.1, 0.15) is 24.9 Å². The molecule has 0 aromatic heterocycles. The highest BCUT2D eigenvalue weighted by Crippen LogP contribution is 2.25. The van der Waals surface area contributed by atoms with Crippen molar-refractivity contribution in [1.82, 2.24) is 10.2 Å². The third-order valence-corrected chi connectivity index (χ3v) is 9.89. The summed E-state index contributed by atoms with van der Waals surface area (Å²) < 4.78 is 33.3. The van der Waals surface area contributed by atoms with E-state index in [-0.39, 0.29) is 24.9 Å². The van der Waals surface area contributed by atoms with E-state index in [1.165, 1.54) is 4.90 Å². The Labute approximate surface area is 288 Å². The van der Waals surface area contributed by atoms with E-state index < -0.39 is 28.5 Å². The predicted octanol–water partition coefficient (Wildman–Crippen LogP) is 6.77. The van der Waals surface area contributed by atoms with Gasteiger partial charge in [0.15, 0.2) is 0 Å². The fourth-order valence-corrected chi connectivity index (χ4v) is 7.06. The van der Waals surface area contributed by atoms with Gasteiger partial charge >= 0.3 is 0 Å². The largest absolute Gasteiger partial charge is 0.489 e. The molecule has 252 valence electrons. The second-order valence-electron chi connectivity index (χ2n) is 12.2. The van der Waals surface area contributed by atoms with Gasteiger partial charge in [0.25, 0.3) is 0 Å². The molecule has 48 heavy (non-hydrogen) atoms. The molecule has 0 aliphatic heterocycles. The zero-order valence-electron chi connectivity index (χ0n) is 27.1. The summed E-state index contributed by atoms with van der Waals surface area (Å²) in [7, 11) is -3.90. The van der Waals surface area contributed by atoms with Crippen LogP contribution >= 0.6 is 11.6 Å². The molecule has 1 aliphatic rings. The second kappa shape index (κ2) is 16.7. The number of amides is 2. The van der Waals surface area contributed by atoms with Gasteiger partial charge in [0.05, 0.1) is 11.9 Å². The van der Waals surface area contributed by atoms with Crippen molar-refractivity contribution in [3.63, 3.8) is 0 Å². The maximum Gasteiger partial charge on any atom is 0.244 e. The van der Waals surface area contributed by atoms with Crippen molar-refractivity contribution in [2.45, 2.75) is 63.8 Å². The Kier molecular flexibility index (Phi) is 12.1. The summed E-state index contributed by atoms with van der Waals surface area (Å²) in [5.41, 5.74) is 2.93. The molecular weight excluding hydrogens is 646 g/mol. The minimum atomic E-state index is -3.90. The number of sulfonamides is 1. The molecule has 10 heteroatoms. The number of ether oxygens (including phenoxy) is 1. The molecule has 1 N–H and O–H groups in total. The summed E-state index contributed by atoms with van der Waals surface area (Å²) in [5, 5.41) is 3.71. The van der Waals surface area contributed by atoms with Crippen LogP contribution in [-0.2, 0) is 39.2 Å². The number of benzene rings is 4. The van der Waals surface area contributed by atoms with Gasteiger partial charge in [0, 0.05) is 24.0 Å². The Morgan fingerprint density at radius 2 is 1.46 bits per heavy atom. The number of carbonyl (C=O) groups is 2. The van der Waals surface area contributed by atoms with E-state index in [0.717, 1.165) is 59.4 Å². The molecule has 0 bridgehead atoms. The molecule has 0 spiro atoms. The average Bonchev–Trinajstić information content (AvgIpc) is 3.09. The molecule has 1 atom stereocenters. The molecule has 4 aromatic carbocycles. The molecule has 0 radical (unpaired) electrons. The molecule has 0 heterocycles. The van der Waals surface area contributed by atoms with Crippen LogP contribution < -0.4 is 14.4 Å². The molecule has 1 fully saturated rings. The molecule has 4 aromatic rings. The van der Waals surface area contributed by atoms with Crippen LogP contribution in [0.25, 0.3) is 0 Å². The van der Waals surface area contributed by atoms with Gasteiger partial charge in [-0.25, -0.2) is 8.42 Å². The summed E-state index contributed by atoms with van der Waals surface area (Å²) in [4.78, 5) is 30.0. The Morgan fingerprint density at radius 1 is 0.833 bits per heavy atom. The first-order valence-electron chi connectivity index (χ1n) is 16.3. The van der Waals surface area contributed by atoms with E-state index in [2.05, 4.69) is 5.32 Å². The summed E-state index contributed by atoms with van der Waals surface area (Å²) >= 11 is 6.32. The number of anilines is 1. The molecule has 1 aliphatic carbocycles. The fraction of sp³-hybridized carbons (Fsp3) is 0.316. The normalized spacial score (nSPS) is 14.1. The Bertz CT molecular complexity index is 1750. The molecule has 2 amide bonds. The van der Waals surface area contributed by atoms with Crippen LogP contribution in [0.4, 0.5) is 5.69 Å². The van der Waals surface area contributed by atoms with Crippen molar-refractivity contribution in [2.75, 3.05) is 17.1 Å². The molecule has 1 saturated carbocycles. The number of rotatable bonds is 14. The van der Waals surface area contributed by atoms with Crippen molar-refractivity contribution in [1.29, 1.82) is 0 Å². The Morgan fingerprint density at radius 3 is 2.08 bits per heavy atom. The maximum absolute atomic E-state index is 14.4. The van der Waals surface area contributed by atoms with Gasteiger partial charge in [0.2, 0.25) is 21.8 Å². The fourth-order valence-electron chi connectivity index (χ4n) is 5.99. The van der Waals surface area contributed by atoms with Gasteiger partial charge in [-0.1, -0.05) is 104 Å². The highest BCUT2D eigenvalue weighted by Gasteiger charge is 2.34. The van der Waals surface area contributed by atoms with E-state index in [0.29, 0.717) is 23.1 Å². The number of hydrogen-bond acceptors (Lipinski definition) is 5. The predicted molar refractivity (Wildman–Crippen MR) is 190 cm³/mol. The lowest BCUT2D eigenvalue weighted by molar-refractivity contribution is -0.140.